The number of aromatic nitrogens is 1. The van der Waals surface area contributed by atoms with Crippen LogP contribution in [0.4, 0.5) is 5.69 Å². The lowest BCUT2D eigenvalue weighted by atomic mass is 10.1. The van der Waals surface area contributed by atoms with Crippen molar-refractivity contribution in [2.24, 2.45) is 7.05 Å². The Bertz CT molecular complexity index is 856. The maximum atomic E-state index is 12.3. The molecule has 0 radical (unpaired) electrons. The Balaban J connectivity index is 1.68. The Kier molecular flexibility index (Phi) is 13.7. The molecule has 1 heterocycles. The van der Waals surface area contributed by atoms with Crippen LogP contribution in [0.3, 0.4) is 0 Å². The Morgan fingerprint density at radius 1 is 0.912 bits per heavy atom. The van der Waals surface area contributed by atoms with E-state index in [1.165, 1.54) is 70.6 Å². The van der Waals surface area contributed by atoms with E-state index in [9.17, 15) is 4.79 Å². The van der Waals surface area contributed by atoms with Gasteiger partial charge in [-0.15, -0.1) is 0 Å². The topological polar surface area (TPSA) is 33.4 Å². The number of amides is 1. The van der Waals surface area contributed by atoms with E-state index >= 15 is 0 Å². The van der Waals surface area contributed by atoms with Gasteiger partial charge in [-0.05, 0) is 24.6 Å². The molecule has 2 rings (SSSR count). The van der Waals surface area contributed by atoms with Crippen LogP contribution in [0.15, 0.2) is 42.6 Å². The third kappa shape index (κ3) is 10.5. The van der Waals surface area contributed by atoms with Crippen molar-refractivity contribution < 1.29 is 14.1 Å². The van der Waals surface area contributed by atoms with Crippen molar-refractivity contribution in [1.29, 1.82) is 0 Å². The second kappa shape index (κ2) is 16.5. The van der Waals surface area contributed by atoms with Crippen molar-refractivity contribution >= 4 is 23.2 Å². The van der Waals surface area contributed by atoms with Crippen molar-refractivity contribution in [2.45, 2.75) is 97.4 Å². The number of rotatable bonds is 17. The molecule has 0 bridgehead atoms. The van der Waals surface area contributed by atoms with Gasteiger partial charge in [0, 0.05) is 24.7 Å². The molecule has 4 nitrogen and oxygen atoms in total. The summed E-state index contributed by atoms with van der Waals surface area (Å²) in [6.07, 6.45) is 17.9. The van der Waals surface area contributed by atoms with Crippen molar-refractivity contribution in [2.75, 3.05) is 11.5 Å². The molecule has 1 amide bonds. The Morgan fingerprint density at radius 3 is 2.09 bits per heavy atom. The van der Waals surface area contributed by atoms with Crippen LogP contribution in [0.2, 0.25) is 5.02 Å². The number of carbonyl (C=O) groups excluding carboxylic acids is 1. The average molecular weight is 488 g/mol. The molecule has 1 aromatic heterocycles. The molecule has 0 saturated carbocycles. The normalized spacial score (nSPS) is 10.9. The third-order valence-electron chi connectivity index (χ3n) is 6.35. The lowest BCUT2D eigenvalue weighted by molar-refractivity contribution is -0.679. The van der Waals surface area contributed by atoms with Crippen LogP contribution in [0.5, 0.6) is 5.75 Å². The molecular formula is C29H44ClN2O2+. The van der Waals surface area contributed by atoms with Crippen LogP contribution in [0.1, 0.15) is 96.6 Å². The second-order valence-corrected chi connectivity index (χ2v) is 9.67. The van der Waals surface area contributed by atoms with Crippen molar-refractivity contribution in [1.82, 2.24) is 0 Å². The number of hydrogen-bond acceptors (Lipinski definition) is 2. The van der Waals surface area contributed by atoms with Gasteiger partial charge >= 0.3 is 0 Å². The number of carbonyl (C=O) groups is 1. The molecule has 0 aliphatic carbocycles. The van der Waals surface area contributed by atoms with Gasteiger partial charge in [-0.3, -0.25) is 4.79 Å². The van der Waals surface area contributed by atoms with E-state index in [1.807, 2.05) is 54.2 Å². The maximum absolute atomic E-state index is 12.3. The number of anilines is 1. The van der Waals surface area contributed by atoms with Crippen LogP contribution in [-0.4, -0.2) is 12.5 Å². The van der Waals surface area contributed by atoms with E-state index in [2.05, 4.69) is 6.92 Å². The van der Waals surface area contributed by atoms with Gasteiger partial charge in [0.1, 0.15) is 19.3 Å². The van der Waals surface area contributed by atoms with E-state index in [4.69, 9.17) is 16.3 Å². The highest BCUT2D eigenvalue weighted by atomic mass is 35.5. The fourth-order valence-corrected chi connectivity index (χ4v) is 4.40. The number of aryl methyl sites for hydroxylation is 1. The minimum Gasteiger partial charge on any atom is -0.492 e. The molecule has 34 heavy (non-hydrogen) atoms. The van der Waals surface area contributed by atoms with Gasteiger partial charge < -0.3 is 9.64 Å². The van der Waals surface area contributed by atoms with Gasteiger partial charge in [0.15, 0.2) is 6.20 Å². The van der Waals surface area contributed by atoms with Crippen LogP contribution in [0.25, 0.3) is 0 Å². The number of pyridine rings is 1. The fourth-order valence-electron chi connectivity index (χ4n) is 4.17. The molecule has 0 atom stereocenters. The Hall–Kier alpha value is -2.07. The summed E-state index contributed by atoms with van der Waals surface area (Å²) in [6.45, 7) is 5.01. The van der Waals surface area contributed by atoms with Crippen LogP contribution >= 0.6 is 11.6 Å². The lowest BCUT2D eigenvalue weighted by Gasteiger charge is -2.21. The summed E-state index contributed by atoms with van der Waals surface area (Å²) in [5.41, 5.74) is 1.82. The van der Waals surface area contributed by atoms with Crippen molar-refractivity contribution in [3.8, 4) is 5.75 Å². The molecule has 0 aliphatic rings. The molecule has 2 aromatic rings. The minimum atomic E-state index is -0.0231. The van der Waals surface area contributed by atoms with Gasteiger partial charge in [0.25, 0.3) is 0 Å². The zero-order chi connectivity index (χ0) is 24.6. The average Bonchev–Trinajstić information content (AvgIpc) is 2.82. The Morgan fingerprint density at radius 2 is 1.53 bits per heavy atom. The van der Waals surface area contributed by atoms with E-state index in [0.29, 0.717) is 23.9 Å². The Labute approximate surface area is 212 Å². The smallest absolute Gasteiger partial charge is 0.224 e. The number of hydrogen-bond donors (Lipinski definition) is 0. The highest BCUT2D eigenvalue weighted by Gasteiger charge is 2.18. The third-order valence-corrected chi connectivity index (χ3v) is 6.64. The predicted octanol–water partition coefficient (Wildman–Crippen LogP) is 7.80. The quantitative estimate of drug-likeness (QED) is 0.168. The van der Waals surface area contributed by atoms with E-state index < -0.39 is 0 Å². The van der Waals surface area contributed by atoms with E-state index in [0.717, 1.165) is 17.8 Å². The van der Waals surface area contributed by atoms with E-state index in [-0.39, 0.29) is 5.91 Å². The summed E-state index contributed by atoms with van der Waals surface area (Å²) in [7, 11) is 1.98. The number of ether oxygens (including phenoxy) is 1. The minimum absolute atomic E-state index is 0.0231. The first kappa shape index (κ1) is 28.2. The first-order chi connectivity index (χ1) is 16.5. The van der Waals surface area contributed by atoms with Crippen molar-refractivity contribution in [3.05, 3.63) is 53.3 Å². The van der Waals surface area contributed by atoms with Gasteiger partial charge in [0.05, 0.1) is 11.6 Å². The highest BCUT2D eigenvalue weighted by molar-refractivity contribution is 6.32. The standard InChI is InChI=1S/C29H44ClN2O2/c1-4-5-6-7-8-9-10-11-12-13-14-17-22-34-29-20-19-26(23-28(29)30)32(25(2)33)24-27-18-15-16-21-31(27)3/h15-16,18-21,23H,4-14,17,22,24H2,1-3H3/q+1. The molecule has 5 heteroatoms. The number of unbranched alkanes of at least 4 members (excludes halogenated alkanes) is 11. The number of benzene rings is 1. The van der Waals surface area contributed by atoms with Gasteiger partial charge in [-0.2, -0.15) is 0 Å². The first-order valence-corrected chi connectivity index (χ1v) is 13.5. The molecule has 188 valence electrons. The molecule has 0 unspecified atom stereocenters. The molecule has 0 saturated heterocycles. The van der Waals surface area contributed by atoms with Gasteiger partial charge in [0.2, 0.25) is 11.6 Å². The predicted molar refractivity (Wildman–Crippen MR) is 143 cm³/mol. The first-order valence-electron chi connectivity index (χ1n) is 13.2. The van der Waals surface area contributed by atoms with Crippen LogP contribution in [-0.2, 0) is 18.4 Å². The zero-order valence-electron chi connectivity index (χ0n) is 21.5. The highest BCUT2D eigenvalue weighted by Crippen LogP contribution is 2.30. The number of nitrogens with zero attached hydrogens (tertiary/aromatic N) is 2. The summed E-state index contributed by atoms with van der Waals surface area (Å²) in [6, 6.07) is 11.6. The van der Waals surface area contributed by atoms with Gasteiger partial charge in [-0.1, -0.05) is 95.2 Å². The maximum Gasteiger partial charge on any atom is 0.224 e. The van der Waals surface area contributed by atoms with Gasteiger partial charge in [-0.25, -0.2) is 4.57 Å². The summed E-state index contributed by atoms with van der Waals surface area (Å²) >= 11 is 6.50. The molecule has 0 aliphatic heterocycles. The number of halogens is 1. The van der Waals surface area contributed by atoms with Crippen molar-refractivity contribution in [3.63, 3.8) is 0 Å². The SMILES string of the molecule is CCCCCCCCCCCCCCOc1ccc(N(Cc2cccc[n+]2C)C(C)=O)cc1Cl. The van der Waals surface area contributed by atoms with Crippen LogP contribution in [0, 0.1) is 0 Å². The molecule has 0 spiro atoms. The fraction of sp³-hybridized carbons (Fsp3) is 0.586. The van der Waals surface area contributed by atoms with Crippen LogP contribution < -0.4 is 14.2 Å². The summed E-state index contributed by atoms with van der Waals surface area (Å²) in [5.74, 6) is 0.660. The monoisotopic (exact) mass is 487 g/mol. The molecule has 0 N–H and O–H groups in total. The zero-order valence-corrected chi connectivity index (χ0v) is 22.3. The van der Waals surface area contributed by atoms with E-state index in [1.54, 1.807) is 11.8 Å². The summed E-state index contributed by atoms with van der Waals surface area (Å²) in [5, 5.41) is 0.542. The molecule has 0 fully saturated rings. The largest absolute Gasteiger partial charge is 0.492 e. The summed E-state index contributed by atoms with van der Waals surface area (Å²) < 4.78 is 7.94. The lowest BCUT2D eigenvalue weighted by Crippen LogP contribution is -2.38. The molecular weight excluding hydrogens is 444 g/mol. The molecule has 1 aromatic carbocycles. The second-order valence-electron chi connectivity index (χ2n) is 9.26. The summed E-state index contributed by atoms with van der Waals surface area (Å²) in [4.78, 5) is 14.0.